The van der Waals surface area contributed by atoms with Crippen molar-refractivity contribution in [2.24, 2.45) is 5.73 Å². The molecule has 2 aromatic rings. The first-order valence-corrected chi connectivity index (χ1v) is 7.28. The van der Waals surface area contributed by atoms with E-state index in [-0.39, 0.29) is 6.04 Å². The van der Waals surface area contributed by atoms with E-state index in [1.54, 1.807) is 10.9 Å². The van der Waals surface area contributed by atoms with E-state index in [1.165, 1.54) is 6.20 Å². The van der Waals surface area contributed by atoms with Crippen molar-refractivity contribution in [3.8, 4) is 5.69 Å². The van der Waals surface area contributed by atoms with Gasteiger partial charge < -0.3 is 11.1 Å². The molecule has 3 N–H and O–H groups in total. The van der Waals surface area contributed by atoms with Gasteiger partial charge in [0.15, 0.2) is 0 Å². The van der Waals surface area contributed by atoms with Crippen molar-refractivity contribution >= 4 is 17.5 Å². The zero-order valence-electron chi connectivity index (χ0n) is 12.1. The predicted octanol–water partition coefficient (Wildman–Crippen LogP) is 2.69. The minimum absolute atomic E-state index is 0.232. The van der Waals surface area contributed by atoms with Gasteiger partial charge in [0.05, 0.1) is 22.5 Å². The lowest BCUT2D eigenvalue weighted by atomic mass is 10.1. The van der Waals surface area contributed by atoms with E-state index in [2.05, 4.69) is 24.3 Å². The molecule has 2 rings (SSSR count). The second-order valence-corrected chi connectivity index (χ2v) is 5.33. The van der Waals surface area contributed by atoms with Crippen LogP contribution in [0.4, 0.5) is 0 Å². The number of aromatic nitrogens is 2. The second-order valence-electron chi connectivity index (χ2n) is 4.92. The number of carbonyl (C=O) groups is 1. The van der Waals surface area contributed by atoms with Gasteiger partial charge >= 0.3 is 0 Å². The van der Waals surface area contributed by atoms with Crippen LogP contribution in [0, 0.1) is 0 Å². The normalized spacial score (nSPS) is 12.3. The Morgan fingerprint density at radius 3 is 2.86 bits per heavy atom. The third-order valence-electron chi connectivity index (χ3n) is 3.29. The molecule has 6 heteroatoms. The van der Waals surface area contributed by atoms with Crippen LogP contribution in [-0.2, 0) is 0 Å². The van der Waals surface area contributed by atoms with Crippen LogP contribution in [0.1, 0.15) is 42.2 Å². The van der Waals surface area contributed by atoms with Gasteiger partial charge in [-0.25, -0.2) is 4.68 Å². The van der Waals surface area contributed by atoms with E-state index >= 15 is 0 Å². The molecule has 112 valence electrons. The Kier molecular flexibility index (Phi) is 4.98. The molecule has 0 aliphatic carbocycles. The van der Waals surface area contributed by atoms with E-state index in [9.17, 15) is 4.79 Å². The highest BCUT2D eigenvalue weighted by Crippen LogP contribution is 2.24. The summed E-state index contributed by atoms with van der Waals surface area (Å²) in [4.78, 5) is 11.1. The minimum atomic E-state index is -0.508. The Balaban J connectivity index is 2.24. The highest BCUT2D eigenvalue weighted by atomic mass is 35.5. The molecule has 0 aliphatic rings. The Morgan fingerprint density at radius 2 is 2.29 bits per heavy atom. The number of benzene rings is 1. The first-order valence-electron chi connectivity index (χ1n) is 6.90. The number of primary amides is 1. The monoisotopic (exact) mass is 306 g/mol. The zero-order chi connectivity index (χ0) is 15.4. The Hall–Kier alpha value is -1.85. The predicted molar refractivity (Wildman–Crippen MR) is 83.8 cm³/mol. The first kappa shape index (κ1) is 15.5. The molecule has 5 nitrogen and oxygen atoms in total. The molecule has 1 aromatic heterocycles. The summed E-state index contributed by atoms with van der Waals surface area (Å²) in [6.45, 7) is 5.19. The maximum atomic E-state index is 11.1. The third kappa shape index (κ3) is 3.62. The molecule has 0 spiro atoms. The van der Waals surface area contributed by atoms with Crippen molar-refractivity contribution in [3.63, 3.8) is 0 Å². The standard InChI is InChI=1S/C15H19ClN4O/c1-3-6-18-10(2)11-4-5-14(13(16)7-11)20-9-12(8-19-20)15(17)21/h4-5,7-10,18H,3,6H2,1-2H3,(H2,17,21). The van der Waals surface area contributed by atoms with Crippen molar-refractivity contribution in [1.29, 1.82) is 0 Å². The van der Waals surface area contributed by atoms with Crippen LogP contribution in [0.15, 0.2) is 30.6 Å². The molecule has 1 atom stereocenters. The highest BCUT2D eigenvalue weighted by Gasteiger charge is 2.11. The van der Waals surface area contributed by atoms with Gasteiger partial charge in [-0.3, -0.25) is 4.79 Å². The molecule has 21 heavy (non-hydrogen) atoms. The summed E-state index contributed by atoms with van der Waals surface area (Å²) in [5.41, 5.74) is 7.40. The van der Waals surface area contributed by atoms with Crippen molar-refractivity contribution in [3.05, 3.63) is 46.7 Å². The number of amides is 1. The molecule has 1 heterocycles. The Bertz CT molecular complexity index is 638. The average molecular weight is 307 g/mol. The summed E-state index contributed by atoms with van der Waals surface area (Å²) in [5.74, 6) is -0.508. The number of hydrogen-bond donors (Lipinski definition) is 2. The largest absolute Gasteiger partial charge is 0.366 e. The van der Waals surface area contributed by atoms with Crippen molar-refractivity contribution < 1.29 is 4.79 Å². The number of rotatable bonds is 6. The molecule has 0 saturated heterocycles. The minimum Gasteiger partial charge on any atom is -0.366 e. The molecule has 0 aliphatic heterocycles. The smallest absolute Gasteiger partial charge is 0.251 e. The van der Waals surface area contributed by atoms with E-state index in [4.69, 9.17) is 17.3 Å². The molecule has 1 aromatic carbocycles. The molecule has 0 bridgehead atoms. The molecule has 1 unspecified atom stereocenters. The van der Waals surface area contributed by atoms with Gasteiger partial charge in [-0.2, -0.15) is 5.10 Å². The average Bonchev–Trinajstić information content (AvgIpc) is 2.94. The van der Waals surface area contributed by atoms with Gasteiger partial charge in [0.1, 0.15) is 0 Å². The lowest BCUT2D eigenvalue weighted by Crippen LogP contribution is -2.19. The third-order valence-corrected chi connectivity index (χ3v) is 3.59. The number of hydrogen-bond acceptors (Lipinski definition) is 3. The number of nitrogens with two attached hydrogens (primary N) is 1. The Morgan fingerprint density at radius 1 is 1.52 bits per heavy atom. The summed E-state index contributed by atoms with van der Waals surface area (Å²) >= 11 is 6.33. The van der Waals surface area contributed by atoms with Crippen molar-refractivity contribution in [2.45, 2.75) is 26.3 Å². The maximum Gasteiger partial charge on any atom is 0.251 e. The van der Waals surface area contributed by atoms with Crippen LogP contribution in [-0.4, -0.2) is 22.2 Å². The van der Waals surface area contributed by atoms with Crippen LogP contribution in [0.25, 0.3) is 5.69 Å². The van der Waals surface area contributed by atoms with Gasteiger partial charge in [-0.15, -0.1) is 0 Å². The van der Waals surface area contributed by atoms with Crippen LogP contribution in [0.5, 0.6) is 0 Å². The molecule has 0 radical (unpaired) electrons. The quantitative estimate of drug-likeness (QED) is 0.862. The number of carbonyl (C=O) groups excluding carboxylic acids is 1. The lowest BCUT2D eigenvalue weighted by molar-refractivity contribution is 0.100. The first-order chi connectivity index (χ1) is 10.0. The fourth-order valence-electron chi connectivity index (χ4n) is 2.04. The SMILES string of the molecule is CCCNC(C)c1ccc(-n2cc(C(N)=O)cn2)c(Cl)c1. The molecular weight excluding hydrogens is 288 g/mol. The van der Waals surface area contributed by atoms with E-state index in [1.807, 2.05) is 18.2 Å². The molecule has 0 fully saturated rings. The van der Waals surface area contributed by atoms with Crippen LogP contribution < -0.4 is 11.1 Å². The van der Waals surface area contributed by atoms with Crippen LogP contribution >= 0.6 is 11.6 Å². The topological polar surface area (TPSA) is 72.9 Å². The van der Waals surface area contributed by atoms with E-state index < -0.39 is 5.91 Å². The van der Waals surface area contributed by atoms with Crippen LogP contribution in [0.3, 0.4) is 0 Å². The maximum absolute atomic E-state index is 11.1. The highest BCUT2D eigenvalue weighted by molar-refractivity contribution is 6.32. The number of nitrogens with zero attached hydrogens (tertiary/aromatic N) is 2. The van der Waals surface area contributed by atoms with Gasteiger partial charge in [-0.05, 0) is 37.6 Å². The fraction of sp³-hybridized carbons (Fsp3) is 0.333. The summed E-state index contributed by atoms with van der Waals surface area (Å²) in [7, 11) is 0. The van der Waals surface area contributed by atoms with E-state index in [0.29, 0.717) is 10.6 Å². The second kappa shape index (κ2) is 6.74. The summed E-state index contributed by atoms with van der Waals surface area (Å²) in [5, 5.41) is 8.10. The molecule has 0 saturated carbocycles. The molecular formula is C15H19ClN4O. The number of halogens is 1. The van der Waals surface area contributed by atoms with Gasteiger partial charge in [0.25, 0.3) is 5.91 Å². The van der Waals surface area contributed by atoms with Gasteiger partial charge in [0.2, 0.25) is 0 Å². The van der Waals surface area contributed by atoms with E-state index in [0.717, 1.165) is 24.2 Å². The summed E-state index contributed by atoms with van der Waals surface area (Å²) in [6.07, 6.45) is 4.08. The summed E-state index contributed by atoms with van der Waals surface area (Å²) in [6, 6.07) is 6.03. The van der Waals surface area contributed by atoms with Crippen molar-refractivity contribution in [1.82, 2.24) is 15.1 Å². The lowest BCUT2D eigenvalue weighted by Gasteiger charge is -2.15. The zero-order valence-corrected chi connectivity index (χ0v) is 12.9. The van der Waals surface area contributed by atoms with Gasteiger partial charge in [0, 0.05) is 12.2 Å². The Labute approximate surface area is 129 Å². The van der Waals surface area contributed by atoms with Crippen LogP contribution in [0.2, 0.25) is 5.02 Å². The van der Waals surface area contributed by atoms with Gasteiger partial charge in [-0.1, -0.05) is 24.6 Å². The van der Waals surface area contributed by atoms with Crippen molar-refractivity contribution in [2.75, 3.05) is 6.54 Å². The number of nitrogens with one attached hydrogen (secondary N) is 1. The molecule has 1 amide bonds. The summed E-state index contributed by atoms with van der Waals surface area (Å²) < 4.78 is 1.55. The fourth-order valence-corrected chi connectivity index (χ4v) is 2.31.